The van der Waals surface area contributed by atoms with Crippen LogP contribution in [0.5, 0.6) is 5.75 Å². The second-order valence-electron chi connectivity index (χ2n) is 5.13. The first-order chi connectivity index (χ1) is 8.31. The van der Waals surface area contributed by atoms with E-state index in [1.54, 1.807) is 6.92 Å². The van der Waals surface area contributed by atoms with E-state index in [2.05, 4.69) is 11.4 Å². The van der Waals surface area contributed by atoms with Crippen molar-refractivity contribution in [1.29, 1.82) is 0 Å². The van der Waals surface area contributed by atoms with Crippen molar-refractivity contribution in [1.82, 2.24) is 5.32 Å². The van der Waals surface area contributed by atoms with Gasteiger partial charge in [-0.05, 0) is 64.3 Å². The van der Waals surface area contributed by atoms with Crippen LogP contribution >= 0.6 is 0 Å². The highest BCUT2D eigenvalue weighted by atomic mass is 16.5. The van der Waals surface area contributed by atoms with Gasteiger partial charge in [0.2, 0.25) is 0 Å². The molecule has 0 aliphatic carbocycles. The van der Waals surface area contributed by atoms with E-state index in [0.717, 1.165) is 16.9 Å². The third-order valence-electron chi connectivity index (χ3n) is 2.87. The summed E-state index contributed by atoms with van der Waals surface area (Å²) in [6, 6.07) is 4.21. The monoisotopic (exact) mass is 249 g/mol. The summed E-state index contributed by atoms with van der Waals surface area (Å²) in [6.45, 7) is 11.7. The lowest BCUT2D eigenvalue weighted by Crippen LogP contribution is -2.40. The molecule has 0 saturated carbocycles. The van der Waals surface area contributed by atoms with E-state index in [-0.39, 0.29) is 11.9 Å². The molecule has 1 atom stereocenters. The molecule has 0 bridgehead atoms. The van der Waals surface area contributed by atoms with E-state index in [1.165, 1.54) is 5.56 Å². The molecule has 0 aliphatic heterocycles. The van der Waals surface area contributed by atoms with Crippen LogP contribution in [0.2, 0.25) is 0 Å². The maximum atomic E-state index is 11.8. The van der Waals surface area contributed by atoms with Crippen LogP contribution in [0.25, 0.3) is 0 Å². The standard InChI is InChI=1S/C15H23NO2/c1-9(2)16-15(17)13(6)18-14-8-10(3)7-11(4)12(14)5/h7-9,13H,1-6H3,(H,16,17)/t13-/m1/s1. The van der Waals surface area contributed by atoms with Crippen molar-refractivity contribution in [2.24, 2.45) is 0 Å². The minimum atomic E-state index is -0.479. The highest BCUT2D eigenvalue weighted by molar-refractivity contribution is 5.81. The first kappa shape index (κ1) is 14.6. The number of ether oxygens (including phenoxy) is 1. The summed E-state index contributed by atoms with van der Waals surface area (Å²) in [4.78, 5) is 11.8. The predicted octanol–water partition coefficient (Wildman–Crippen LogP) is 2.90. The largest absolute Gasteiger partial charge is 0.481 e. The summed E-state index contributed by atoms with van der Waals surface area (Å²) in [7, 11) is 0. The van der Waals surface area contributed by atoms with Crippen molar-refractivity contribution in [3.63, 3.8) is 0 Å². The zero-order chi connectivity index (χ0) is 13.9. The summed E-state index contributed by atoms with van der Waals surface area (Å²) in [6.07, 6.45) is -0.479. The Morgan fingerprint density at radius 1 is 1.17 bits per heavy atom. The van der Waals surface area contributed by atoms with Crippen molar-refractivity contribution in [2.75, 3.05) is 0 Å². The lowest BCUT2D eigenvalue weighted by Gasteiger charge is -2.19. The van der Waals surface area contributed by atoms with Crippen LogP contribution in [-0.2, 0) is 4.79 Å². The predicted molar refractivity (Wildman–Crippen MR) is 74.0 cm³/mol. The van der Waals surface area contributed by atoms with Crippen LogP contribution in [0.15, 0.2) is 12.1 Å². The molecule has 0 fully saturated rings. The molecule has 0 aliphatic rings. The number of hydrogen-bond donors (Lipinski definition) is 1. The zero-order valence-corrected chi connectivity index (χ0v) is 12.1. The van der Waals surface area contributed by atoms with E-state index in [9.17, 15) is 4.79 Å². The summed E-state index contributed by atoms with van der Waals surface area (Å²) in [5.41, 5.74) is 3.41. The molecule has 1 aromatic carbocycles. The molecular weight excluding hydrogens is 226 g/mol. The molecule has 1 aromatic rings. The van der Waals surface area contributed by atoms with Crippen molar-refractivity contribution in [3.05, 3.63) is 28.8 Å². The van der Waals surface area contributed by atoms with Gasteiger partial charge in [-0.2, -0.15) is 0 Å². The number of nitrogens with one attached hydrogen (secondary N) is 1. The Bertz CT molecular complexity index is 438. The Morgan fingerprint density at radius 3 is 2.33 bits per heavy atom. The normalized spacial score (nSPS) is 12.4. The van der Waals surface area contributed by atoms with Crippen LogP contribution in [-0.4, -0.2) is 18.1 Å². The number of rotatable bonds is 4. The SMILES string of the molecule is Cc1cc(C)c(C)c(O[C@H](C)C(=O)NC(C)C)c1. The number of carbonyl (C=O) groups excluding carboxylic acids is 1. The number of amides is 1. The maximum absolute atomic E-state index is 11.8. The molecule has 0 radical (unpaired) electrons. The lowest BCUT2D eigenvalue weighted by atomic mass is 10.1. The molecule has 18 heavy (non-hydrogen) atoms. The molecule has 1 N–H and O–H groups in total. The van der Waals surface area contributed by atoms with Gasteiger partial charge in [-0.3, -0.25) is 4.79 Å². The van der Waals surface area contributed by atoms with Gasteiger partial charge in [-0.1, -0.05) is 6.07 Å². The molecule has 0 spiro atoms. The minimum absolute atomic E-state index is 0.0800. The average Bonchev–Trinajstić information content (AvgIpc) is 2.24. The number of benzene rings is 1. The van der Waals surface area contributed by atoms with Crippen LogP contribution in [0.1, 0.15) is 37.5 Å². The first-order valence-corrected chi connectivity index (χ1v) is 6.36. The van der Waals surface area contributed by atoms with E-state index < -0.39 is 6.10 Å². The number of aryl methyl sites for hydroxylation is 2. The van der Waals surface area contributed by atoms with Crippen LogP contribution in [0.4, 0.5) is 0 Å². The molecule has 0 unspecified atom stereocenters. The summed E-state index contributed by atoms with van der Waals surface area (Å²) in [5.74, 6) is 0.711. The second-order valence-corrected chi connectivity index (χ2v) is 5.13. The van der Waals surface area contributed by atoms with Gasteiger partial charge in [0.15, 0.2) is 6.10 Å². The van der Waals surface area contributed by atoms with Crippen LogP contribution in [0, 0.1) is 20.8 Å². The number of hydrogen-bond acceptors (Lipinski definition) is 2. The van der Waals surface area contributed by atoms with Gasteiger partial charge >= 0.3 is 0 Å². The molecule has 1 amide bonds. The smallest absolute Gasteiger partial charge is 0.260 e. The van der Waals surface area contributed by atoms with E-state index in [1.807, 2.05) is 40.7 Å². The fraction of sp³-hybridized carbons (Fsp3) is 0.533. The molecule has 100 valence electrons. The Kier molecular flexibility index (Phi) is 4.76. The van der Waals surface area contributed by atoms with Gasteiger partial charge in [0.05, 0.1) is 0 Å². The second kappa shape index (κ2) is 5.89. The van der Waals surface area contributed by atoms with Crippen molar-refractivity contribution in [3.8, 4) is 5.75 Å². The fourth-order valence-corrected chi connectivity index (χ4v) is 1.77. The third kappa shape index (κ3) is 3.76. The van der Waals surface area contributed by atoms with Crippen molar-refractivity contribution < 1.29 is 9.53 Å². The zero-order valence-electron chi connectivity index (χ0n) is 12.1. The minimum Gasteiger partial charge on any atom is -0.481 e. The lowest BCUT2D eigenvalue weighted by molar-refractivity contribution is -0.127. The molecule has 3 nitrogen and oxygen atoms in total. The molecule has 1 rings (SSSR count). The quantitative estimate of drug-likeness (QED) is 0.891. The molecule has 0 heterocycles. The van der Waals surface area contributed by atoms with Gasteiger partial charge < -0.3 is 10.1 Å². The average molecular weight is 249 g/mol. The van der Waals surface area contributed by atoms with Gasteiger partial charge in [0.25, 0.3) is 5.91 Å². The Balaban J connectivity index is 2.81. The number of carbonyl (C=O) groups is 1. The topological polar surface area (TPSA) is 38.3 Å². The van der Waals surface area contributed by atoms with Crippen LogP contribution < -0.4 is 10.1 Å². The summed E-state index contributed by atoms with van der Waals surface area (Å²) >= 11 is 0. The van der Waals surface area contributed by atoms with Crippen molar-refractivity contribution >= 4 is 5.91 Å². The van der Waals surface area contributed by atoms with E-state index in [0.29, 0.717) is 0 Å². The van der Waals surface area contributed by atoms with Crippen molar-refractivity contribution in [2.45, 2.75) is 53.7 Å². The highest BCUT2D eigenvalue weighted by Gasteiger charge is 2.16. The maximum Gasteiger partial charge on any atom is 0.260 e. The van der Waals surface area contributed by atoms with Gasteiger partial charge in [-0.25, -0.2) is 0 Å². The molecular formula is C15H23NO2. The van der Waals surface area contributed by atoms with E-state index in [4.69, 9.17) is 4.74 Å². The Morgan fingerprint density at radius 2 is 1.78 bits per heavy atom. The Labute approximate surface area is 110 Å². The summed E-state index contributed by atoms with van der Waals surface area (Å²) in [5, 5.41) is 2.85. The third-order valence-corrected chi connectivity index (χ3v) is 2.87. The molecule has 0 saturated heterocycles. The summed E-state index contributed by atoms with van der Waals surface area (Å²) < 4.78 is 5.76. The highest BCUT2D eigenvalue weighted by Crippen LogP contribution is 2.24. The molecule has 3 heteroatoms. The van der Waals surface area contributed by atoms with E-state index >= 15 is 0 Å². The first-order valence-electron chi connectivity index (χ1n) is 6.36. The van der Waals surface area contributed by atoms with Gasteiger partial charge in [-0.15, -0.1) is 0 Å². The fourth-order valence-electron chi connectivity index (χ4n) is 1.77. The molecule has 0 aromatic heterocycles. The van der Waals surface area contributed by atoms with Crippen LogP contribution in [0.3, 0.4) is 0 Å². The van der Waals surface area contributed by atoms with Gasteiger partial charge in [0, 0.05) is 6.04 Å². The Hall–Kier alpha value is -1.51. The van der Waals surface area contributed by atoms with Gasteiger partial charge in [0.1, 0.15) is 5.75 Å².